The fourth-order valence-corrected chi connectivity index (χ4v) is 1.79. The zero-order valence-corrected chi connectivity index (χ0v) is 9.92. The lowest BCUT2D eigenvalue weighted by Gasteiger charge is -2.28. The maximum atomic E-state index is 13.1. The van der Waals surface area contributed by atoms with Gasteiger partial charge in [-0.1, -0.05) is 19.9 Å². The van der Waals surface area contributed by atoms with E-state index < -0.39 is 0 Å². The van der Waals surface area contributed by atoms with Crippen LogP contribution < -0.4 is 4.74 Å². The molecule has 0 heterocycles. The number of halogens is 1. The molecule has 0 fully saturated rings. The molecule has 0 aliphatic heterocycles. The molecule has 16 heavy (non-hydrogen) atoms. The van der Waals surface area contributed by atoms with Crippen LogP contribution in [0.4, 0.5) is 4.39 Å². The Balaban J connectivity index is 3.23. The van der Waals surface area contributed by atoms with Crippen LogP contribution in [0.1, 0.15) is 32.3 Å². The second kappa shape index (κ2) is 5.10. The number of rotatable bonds is 5. The van der Waals surface area contributed by atoms with Crippen LogP contribution in [0.5, 0.6) is 5.75 Å². The SMILES string of the molecule is CCC(C)(CC=O)c1ccc(F)cc1OC. The summed E-state index contributed by atoms with van der Waals surface area (Å²) < 4.78 is 18.2. The van der Waals surface area contributed by atoms with Gasteiger partial charge >= 0.3 is 0 Å². The molecule has 3 heteroatoms. The third-order valence-corrected chi connectivity index (χ3v) is 3.13. The third kappa shape index (κ3) is 2.40. The van der Waals surface area contributed by atoms with Crippen LogP contribution in [-0.4, -0.2) is 13.4 Å². The van der Waals surface area contributed by atoms with Gasteiger partial charge in [0.2, 0.25) is 0 Å². The summed E-state index contributed by atoms with van der Waals surface area (Å²) in [6, 6.07) is 4.45. The fourth-order valence-electron chi connectivity index (χ4n) is 1.79. The van der Waals surface area contributed by atoms with E-state index in [1.54, 1.807) is 6.07 Å². The van der Waals surface area contributed by atoms with E-state index in [0.717, 1.165) is 18.3 Å². The van der Waals surface area contributed by atoms with Gasteiger partial charge in [-0.3, -0.25) is 0 Å². The Morgan fingerprint density at radius 3 is 2.69 bits per heavy atom. The highest BCUT2D eigenvalue weighted by Crippen LogP contribution is 2.36. The van der Waals surface area contributed by atoms with Crippen molar-refractivity contribution in [2.24, 2.45) is 0 Å². The van der Waals surface area contributed by atoms with Gasteiger partial charge in [0, 0.05) is 23.5 Å². The number of hydrogen-bond donors (Lipinski definition) is 0. The van der Waals surface area contributed by atoms with Crippen molar-refractivity contribution < 1.29 is 13.9 Å². The zero-order valence-electron chi connectivity index (χ0n) is 9.92. The highest BCUT2D eigenvalue weighted by atomic mass is 19.1. The van der Waals surface area contributed by atoms with Crippen molar-refractivity contribution >= 4 is 6.29 Å². The lowest BCUT2D eigenvalue weighted by atomic mass is 9.77. The smallest absolute Gasteiger partial charge is 0.126 e. The van der Waals surface area contributed by atoms with E-state index in [4.69, 9.17) is 4.74 Å². The van der Waals surface area contributed by atoms with Gasteiger partial charge in [-0.25, -0.2) is 4.39 Å². The first-order chi connectivity index (χ1) is 7.57. The fraction of sp³-hybridized carbons (Fsp3) is 0.462. The summed E-state index contributed by atoms with van der Waals surface area (Å²) >= 11 is 0. The largest absolute Gasteiger partial charge is 0.496 e. The molecule has 0 spiro atoms. The van der Waals surface area contributed by atoms with E-state index in [0.29, 0.717) is 12.2 Å². The molecule has 1 unspecified atom stereocenters. The normalized spacial score (nSPS) is 14.2. The summed E-state index contributed by atoms with van der Waals surface area (Å²) in [4.78, 5) is 10.7. The molecule has 0 radical (unpaired) electrons. The zero-order chi connectivity index (χ0) is 12.2. The monoisotopic (exact) mass is 224 g/mol. The number of hydrogen-bond acceptors (Lipinski definition) is 2. The van der Waals surface area contributed by atoms with Gasteiger partial charge in [-0.15, -0.1) is 0 Å². The van der Waals surface area contributed by atoms with Gasteiger partial charge in [-0.05, 0) is 12.5 Å². The predicted molar refractivity (Wildman–Crippen MR) is 61.3 cm³/mol. The van der Waals surface area contributed by atoms with Gasteiger partial charge in [0.25, 0.3) is 0 Å². The van der Waals surface area contributed by atoms with Crippen molar-refractivity contribution in [3.8, 4) is 5.75 Å². The van der Waals surface area contributed by atoms with Crippen molar-refractivity contribution in [1.82, 2.24) is 0 Å². The van der Waals surface area contributed by atoms with Crippen LogP contribution in [0, 0.1) is 5.82 Å². The minimum atomic E-state index is -0.329. The lowest BCUT2D eigenvalue weighted by molar-refractivity contribution is -0.108. The third-order valence-electron chi connectivity index (χ3n) is 3.13. The van der Waals surface area contributed by atoms with E-state index >= 15 is 0 Å². The van der Waals surface area contributed by atoms with Gasteiger partial charge < -0.3 is 9.53 Å². The molecule has 0 aliphatic rings. The Morgan fingerprint density at radius 1 is 1.50 bits per heavy atom. The maximum absolute atomic E-state index is 13.1. The molecule has 1 aromatic rings. The molecular formula is C13H17FO2. The molecule has 1 aromatic carbocycles. The van der Waals surface area contributed by atoms with E-state index in [1.807, 2.05) is 13.8 Å². The topological polar surface area (TPSA) is 26.3 Å². The van der Waals surface area contributed by atoms with Crippen LogP contribution in [0.2, 0.25) is 0 Å². The number of benzene rings is 1. The van der Waals surface area contributed by atoms with Crippen LogP contribution in [0.3, 0.4) is 0 Å². The van der Waals surface area contributed by atoms with Gasteiger partial charge in [0.05, 0.1) is 7.11 Å². The lowest BCUT2D eigenvalue weighted by Crippen LogP contribution is -2.22. The highest BCUT2D eigenvalue weighted by Gasteiger charge is 2.27. The first-order valence-electron chi connectivity index (χ1n) is 5.35. The average molecular weight is 224 g/mol. The first-order valence-corrected chi connectivity index (χ1v) is 5.35. The standard InChI is InChI=1S/C13H17FO2/c1-4-13(2,7-8-15)11-6-5-10(14)9-12(11)16-3/h5-6,8-9H,4,7H2,1-3H3. The number of methoxy groups -OCH3 is 1. The summed E-state index contributed by atoms with van der Waals surface area (Å²) in [7, 11) is 1.51. The number of aldehydes is 1. The summed E-state index contributed by atoms with van der Waals surface area (Å²) in [5.74, 6) is 0.177. The Kier molecular flexibility index (Phi) is 4.05. The minimum absolute atomic E-state index is 0.291. The minimum Gasteiger partial charge on any atom is -0.496 e. The molecule has 0 amide bonds. The molecule has 88 valence electrons. The Labute approximate surface area is 95.4 Å². The van der Waals surface area contributed by atoms with Crippen LogP contribution in [0.25, 0.3) is 0 Å². The maximum Gasteiger partial charge on any atom is 0.126 e. The second-order valence-corrected chi connectivity index (χ2v) is 4.13. The van der Waals surface area contributed by atoms with Gasteiger partial charge in [0.1, 0.15) is 17.9 Å². The van der Waals surface area contributed by atoms with Crippen molar-refractivity contribution in [3.63, 3.8) is 0 Å². The number of carbonyl (C=O) groups excluding carboxylic acids is 1. The molecule has 0 saturated heterocycles. The van der Waals surface area contributed by atoms with Crippen LogP contribution in [-0.2, 0) is 10.2 Å². The molecule has 0 bridgehead atoms. The average Bonchev–Trinajstić information content (AvgIpc) is 2.28. The Morgan fingerprint density at radius 2 is 2.19 bits per heavy atom. The molecule has 1 rings (SSSR count). The van der Waals surface area contributed by atoms with E-state index in [2.05, 4.69) is 0 Å². The molecule has 0 N–H and O–H groups in total. The molecular weight excluding hydrogens is 207 g/mol. The molecule has 1 atom stereocenters. The van der Waals surface area contributed by atoms with Gasteiger partial charge in [0.15, 0.2) is 0 Å². The first kappa shape index (κ1) is 12.7. The number of carbonyl (C=O) groups is 1. The van der Waals surface area contributed by atoms with E-state index in [1.165, 1.54) is 19.2 Å². The molecule has 0 aromatic heterocycles. The Bertz CT molecular complexity index is 376. The van der Waals surface area contributed by atoms with Crippen molar-refractivity contribution in [3.05, 3.63) is 29.6 Å². The summed E-state index contributed by atoms with van der Waals surface area (Å²) in [5.41, 5.74) is 0.590. The summed E-state index contributed by atoms with van der Waals surface area (Å²) in [6.45, 7) is 3.99. The van der Waals surface area contributed by atoms with E-state index in [-0.39, 0.29) is 11.2 Å². The van der Waals surface area contributed by atoms with Crippen LogP contribution in [0.15, 0.2) is 18.2 Å². The van der Waals surface area contributed by atoms with Crippen molar-refractivity contribution in [2.45, 2.75) is 32.1 Å². The quantitative estimate of drug-likeness (QED) is 0.718. The predicted octanol–water partition coefficient (Wildman–Crippen LogP) is 3.09. The highest BCUT2D eigenvalue weighted by molar-refractivity contribution is 5.55. The molecule has 2 nitrogen and oxygen atoms in total. The Hall–Kier alpha value is -1.38. The molecule has 0 saturated carbocycles. The van der Waals surface area contributed by atoms with Crippen molar-refractivity contribution in [2.75, 3.05) is 7.11 Å². The van der Waals surface area contributed by atoms with Gasteiger partial charge in [-0.2, -0.15) is 0 Å². The summed E-state index contributed by atoms with van der Waals surface area (Å²) in [5, 5.41) is 0. The second-order valence-electron chi connectivity index (χ2n) is 4.13. The van der Waals surface area contributed by atoms with Crippen LogP contribution >= 0.6 is 0 Å². The number of ether oxygens (including phenoxy) is 1. The summed E-state index contributed by atoms with van der Waals surface area (Å²) in [6.07, 6.45) is 2.10. The van der Waals surface area contributed by atoms with Crippen molar-refractivity contribution in [1.29, 1.82) is 0 Å². The molecule has 0 aliphatic carbocycles. The van der Waals surface area contributed by atoms with E-state index in [9.17, 15) is 9.18 Å².